The number of carbonyl (C=O) groups is 2. The zero-order chi connectivity index (χ0) is 19.6. The minimum absolute atomic E-state index is 0.0394. The van der Waals surface area contributed by atoms with E-state index in [0.29, 0.717) is 34.3 Å². The highest BCUT2D eigenvalue weighted by Crippen LogP contribution is 2.32. The highest BCUT2D eigenvalue weighted by atomic mass is 32.2. The van der Waals surface area contributed by atoms with Crippen LogP contribution in [0.1, 0.15) is 37.6 Å². The highest BCUT2D eigenvalue weighted by Gasteiger charge is 2.29. The second-order valence-electron chi connectivity index (χ2n) is 6.46. The molecule has 8 heteroatoms. The molecule has 0 bridgehead atoms. The Kier molecular flexibility index (Phi) is 5.65. The molecule has 1 aromatic heterocycles. The van der Waals surface area contributed by atoms with Crippen molar-refractivity contribution < 1.29 is 9.59 Å². The topological polar surface area (TPSA) is 93.1 Å². The standard InChI is InChI=1S/C19H22N4O3S/c1-4-16-11(2)20-19-23(18(16)26)15(10-27-19)9-17(25)22-14-7-5-13(6-8-14)21-12(3)24/h5-8,15H,4,9-10H2,1-3H3,(H,21,24)(H,22,25). The van der Waals surface area contributed by atoms with E-state index in [9.17, 15) is 14.4 Å². The van der Waals surface area contributed by atoms with Crippen LogP contribution in [0.3, 0.4) is 0 Å². The van der Waals surface area contributed by atoms with Crippen molar-refractivity contribution in [3.05, 3.63) is 45.9 Å². The Balaban J connectivity index is 1.70. The molecule has 2 heterocycles. The van der Waals surface area contributed by atoms with Gasteiger partial charge in [0.25, 0.3) is 5.56 Å². The molecule has 2 N–H and O–H groups in total. The van der Waals surface area contributed by atoms with Gasteiger partial charge in [-0.1, -0.05) is 18.7 Å². The molecule has 2 aromatic rings. The zero-order valence-corrected chi connectivity index (χ0v) is 16.4. The summed E-state index contributed by atoms with van der Waals surface area (Å²) in [6.07, 6.45) is 0.837. The fourth-order valence-corrected chi connectivity index (χ4v) is 4.33. The van der Waals surface area contributed by atoms with Gasteiger partial charge in [-0.15, -0.1) is 0 Å². The lowest BCUT2D eigenvalue weighted by molar-refractivity contribution is -0.117. The fourth-order valence-electron chi connectivity index (χ4n) is 3.14. The number of nitrogens with zero attached hydrogens (tertiary/aromatic N) is 2. The first-order chi connectivity index (χ1) is 12.9. The first-order valence-electron chi connectivity index (χ1n) is 8.81. The van der Waals surface area contributed by atoms with E-state index < -0.39 is 0 Å². The van der Waals surface area contributed by atoms with Gasteiger partial charge in [0.05, 0.1) is 6.04 Å². The Morgan fingerprint density at radius 2 is 1.85 bits per heavy atom. The summed E-state index contributed by atoms with van der Waals surface area (Å²) >= 11 is 1.51. The van der Waals surface area contributed by atoms with Gasteiger partial charge in [0.1, 0.15) is 0 Å². The van der Waals surface area contributed by atoms with Crippen LogP contribution in [0.5, 0.6) is 0 Å². The van der Waals surface area contributed by atoms with E-state index in [1.807, 2.05) is 13.8 Å². The van der Waals surface area contributed by atoms with Gasteiger partial charge in [-0.25, -0.2) is 4.98 Å². The molecule has 0 saturated heterocycles. The van der Waals surface area contributed by atoms with Crippen LogP contribution in [0, 0.1) is 6.92 Å². The summed E-state index contributed by atoms with van der Waals surface area (Å²) in [6.45, 7) is 5.23. The number of hydrogen-bond donors (Lipinski definition) is 2. The van der Waals surface area contributed by atoms with Gasteiger partial charge in [0.15, 0.2) is 5.16 Å². The average molecular weight is 386 g/mol. The van der Waals surface area contributed by atoms with Crippen LogP contribution in [0.4, 0.5) is 11.4 Å². The van der Waals surface area contributed by atoms with E-state index in [2.05, 4.69) is 15.6 Å². The lowest BCUT2D eigenvalue weighted by Gasteiger charge is -2.15. The SMILES string of the molecule is CCc1c(C)nc2n(c1=O)C(CC(=O)Nc1ccc(NC(C)=O)cc1)CS2. The molecule has 0 aliphatic carbocycles. The van der Waals surface area contributed by atoms with E-state index in [4.69, 9.17) is 0 Å². The van der Waals surface area contributed by atoms with E-state index in [1.54, 1.807) is 28.8 Å². The van der Waals surface area contributed by atoms with Crippen molar-refractivity contribution >= 4 is 35.0 Å². The fraction of sp³-hybridized carbons (Fsp3) is 0.368. The Morgan fingerprint density at radius 1 is 1.22 bits per heavy atom. The number of thioether (sulfide) groups is 1. The molecule has 1 aliphatic heterocycles. The zero-order valence-electron chi connectivity index (χ0n) is 15.5. The van der Waals surface area contributed by atoms with Crippen molar-refractivity contribution in [1.29, 1.82) is 0 Å². The molecule has 3 rings (SSSR count). The molecule has 0 fully saturated rings. The molecule has 1 aromatic carbocycles. The molecule has 2 amide bonds. The Bertz CT molecular complexity index is 937. The van der Waals surface area contributed by atoms with Crippen molar-refractivity contribution in [1.82, 2.24) is 9.55 Å². The van der Waals surface area contributed by atoms with Crippen molar-refractivity contribution in [2.75, 3.05) is 16.4 Å². The molecule has 0 radical (unpaired) electrons. The summed E-state index contributed by atoms with van der Waals surface area (Å²) in [5.41, 5.74) is 2.75. The number of amides is 2. The van der Waals surface area contributed by atoms with Crippen LogP contribution in [0.2, 0.25) is 0 Å². The molecule has 0 spiro atoms. The van der Waals surface area contributed by atoms with Gasteiger partial charge in [-0.3, -0.25) is 19.0 Å². The van der Waals surface area contributed by atoms with Gasteiger partial charge in [0, 0.05) is 41.7 Å². The summed E-state index contributed by atoms with van der Waals surface area (Å²) in [5.74, 6) is 0.347. The van der Waals surface area contributed by atoms with Crippen molar-refractivity contribution in [2.24, 2.45) is 0 Å². The van der Waals surface area contributed by atoms with Crippen LogP contribution < -0.4 is 16.2 Å². The lowest BCUT2D eigenvalue weighted by atomic mass is 10.1. The number of benzene rings is 1. The Morgan fingerprint density at radius 3 is 2.44 bits per heavy atom. The summed E-state index contributed by atoms with van der Waals surface area (Å²) in [4.78, 5) is 40.7. The van der Waals surface area contributed by atoms with E-state index in [0.717, 1.165) is 5.69 Å². The second kappa shape index (κ2) is 7.96. The second-order valence-corrected chi connectivity index (χ2v) is 7.45. The summed E-state index contributed by atoms with van der Waals surface area (Å²) in [6, 6.07) is 6.71. The van der Waals surface area contributed by atoms with Crippen molar-refractivity contribution in [3.63, 3.8) is 0 Å². The normalized spacial score (nSPS) is 15.3. The van der Waals surface area contributed by atoms with E-state index in [-0.39, 0.29) is 29.8 Å². The number of hydrogen-bond acceptors (Lipinski definition) is 5. The molecule has 142 valence electrons. The molecule has 0 saturated carbocycles. The maximum Gasteiger partial charge on any atom is 0.257 e. The predicted octanol–water partition coefficient (Wildman–Crippen LogP) is 2.75. The third kappa shape index (κ3) is 4.21. The van der Waals surface area contributed by atoms with Crippen molar-refractivity contribution in [2.45, 2.75) is 44.8 Å². The Hall–Kier alpha value is -2.61. The molecule has 1 atom stereocenters. The number of rotatable bonds is 5. The average Bonchev–Trinajstić information content (AvgIpc) is 2.99. The highest BCUT2D eigenvalue weighted by molar-refractivity contribution is 7.99. The molecule has 1 aliphatic rings. The quantitative estimate of drug-likeness (QED) is 0.771. The Labute approximate surface area is 161 Å². The monoisotopic (exact) mass is 386 g/mol. The van der Waals surface area contributed by atoms with Crippen LogP contribution >= 0.6 is 11.8 Å². The number of nitrogens with one attached hydrogen (secondary N) is 2. The first kappa shape index (κ1) is 19.2. The molecule has 7 nitrogen and oxygen atoms in total. The number of fused-ring (bicyclic) bond motifs is 1. The summed E-state index contributed by atoms with van der Waals surface area (Å²) in [7, 11) is 0. The molecular formula is C19H22N4O3S. The molecule has 1 unspecified atom stereocenters. The van der Waals surface area contributed by atoms with Crippen LogP contribution in [0.25, 0.3) is 0 Å². The van der Waals surface area contributed by atoms with Gasteiger partial charge >= 0.3 is 0 Å². The minimum Gasteiger partial charge on any atom is -0.326 e. The summed E-state index contributed by atoms with van der Waals surface area (Å²) < 4.78 is 1.66. The van der Waals surface area contributed by atoms with Crippen LogP contribution in [0.15, 0.2) is 34.2 Å². The van der Waals surface area contributed by atoms with Gasteiger partial charge in [-0.2, -0.15) is 0 Å². The maximum absolute atomic E-state index is 12.7. The number of aromatic nitrogens is 2. The van der Waals surface area contributed by atoms with E-state index in [1.165, 1.54) is 18.7 Å². The predicted molar refractivity (Wildman–Crippen MR) is 106 cm³/mol. The van der Waals surface area contributed by atoms with Crippen molar-refractivity contribution in [3.8, 4) is 0 Å². The van der Waals surface area contributed by atoms with Gasteiger partial charge in [0.2, 0.25) is 11.8 Å². The third-order valence-electron chi connectivity index (χ3n) is 4.42. The number of anilines is 2. The van der Waals surface area contributed by atoms with Gasteiger partial charge < -0.3 is 10.6 Å². The van der Waals surface area contributed by atoms with Crippen LogP contribution in [-0.4, -0.2) is 27.1 Å². The van der Waals surface area contributed by atoms with E-state index >= 15 is 0 Å². The number of aryl methyl sites for hydroxylation is 1. The summed E-state index contributed by atoms with van der Waals surface area (Å²) in [5, 5.41) is 6.21. The van der Waals surface area contributed by atoms with Crippen LogP contribution in [-0.2, 0) is 16.0 Å². The largest absolute Gasteiger partial charge is 0.326 e. The lowest BCUT2D eigenvalue weighted by Crippen LogP contribution is -2.30. The van der Waals surface area contributed by atoms with Gasteiger partial charge in [-0.05, 0) is 37.6 Å². The maximum atomic E-state index is 12.7. The molecular weight excluding hydrogens is 364 g/mol. The minimum atomic E-state index is -0.199. The molecule has 27 heavy (non-hydrogen) atoms. The smallest absolute Gasteiger partial charge is 0.257 e. The first-order valence-corrected chi connectivity index (χ1v) is 9.80. The third-order valence-corrected chi connectivity index (χ3v) is 5.51. The number of carbonyl (C=O) groups excluding carboxylic acids is 2.